The van der Waals surface area contributed by atoms with Crippen molar-refractivity contribution in [1.82, 2.24) is 0 Å². The summed E-state index contributed by atoms with van der Waals surface area (Å²) in [5, 5.41) is 41.5. The van der Waals surface area contributed by atoms with Crippen molar-refractivity contribution in [3.8, 4) is 0 Å². The van der Waals surface area contributed by atoms with E-state index in [-0.39, 0.29) is 0 Å². The van der Waals surface area contributed by atoms with E-state index in [9.17, 15) is 4.79 Å². The lowest BCUT2D eigenvalue weighted by Gasteiger charge is -2.10. The highest BCUT2D eigenvalue weighted by Gasteiger charge is 2.12. The molecule has 5 N–H and O–H groups in total. The number of aliphatic hydroxyl groups excluding tert-OH is 4. The van der Waals surface area contributed by atoms with Crippen LogP contribution in [0.25, 0.3) is 0 Å². The van der Waals surface area contributed by atoms with Gasteiger partial charge in [0.2, 0.25) is 0 Å². The lowest BCUT2D eigenvalue weighted by Crippen LogP contribution is -2.31. The Hall–Kier alpha value is -0.690. The van der Waals surface area contributed by atoms with Gasteiger partial charge in [-0.1, -0.05) is 45.4 Å². The quantitative estimate of drug-likeness (QED) is 0.361. The predicted octanol–water partition coefficient (Wildman–Crippen LogP) is 0.904. The maximum absolute atomic E-state index is 10.1. The summed E-state index contributed by atoms with van der Waals surface area (Å²) in [6.45, 7) is 1.15. The lowest BCUT2D eigenvalue weighted by molar-refractivity contribution is -0.137. The van der Waals surface area contributed by atoms with E-state index in [2.05, 4.69) is 6.92 Å². The molecule has 0 fully saturated rings. The molecule has 0 radical (unpaired) electrons. The Kier molecular flexibility index (Phi) is 17.7. The van der Waals surface area contributed by atoms with Crippen LogP contribution in [-0.2, 0) is 4.79 Å². The first-order chi connectivity index (χ1) is 9.49. The van der Waals surface area contributed by atoms with E-state index in [4.69, 9.17) is 25.5 Å². The van der Waals surface area contributed by atoms with Crippen molar-refractivity contribution in [1.29, 1.82) is 0 Å². The molecule has 0 aliphatic heterocycles. The fourth-order valence-electron chi connectivity index (χ4n) is 1.48. The molecule has 0 amide bonds. The van der Waals surface area contributed by atoms with Crippen LogP contribution in [0.15, 0.2) is 0 Å². The van der Waals surface area contributed by atoms with E-state index in [1.807, 2.05) is 0 Å². The zero-order valence-corrected chi connectivity index (χ0v) is 12.4. The van der Waals surface area contributed by atoms with Gasteiger partial charge < -0.3 is 25.5 Å². The summed E-state index contributed by atoms with van der Waals surface area (Å²) in [6.07, 6.45) is 6.20. The molecule has 0 aliphatic rings. The first-order valence-electron chi connectivity index (χ1n) is 7.29. The zero-order valence-electron chi connectivity index (χ0n) is 12.4. The van der Waals surface area contributed by atoms with E-state index < -0.39 is 31.4 Å². The number of aliphatic carboxylic acids is 1. The second-order valence-corrected chi connectivity index (χ2v) is 4.76. The summed E-state index contributed by atoms with van der Waals surface area (Å²) in [5.74, 6) is -0.663. The minimum Gasteiger partial charge on any atom is -0.481 e. The Morgan fingerprint density at radius 2 is 1.25 bits per heavy atom. The third-order valence-corrected chi connectivity index (χ3v) is 2.81. The van der Waals surface area contributed by atoms with Crippen molar-refractivity contribution >= 4 is 5.97 Å². The molecule has 122 valence electrons. The fourth-order valence-corrected chi connectivity index (χ4v) is 1.48. The molecule has 2 unspecified atom stereocenters. The molecule has 0 saturated carbocycles. The van der Waals surface area contributed by atoms with E-state index >= 15 is 0 Å². The highest BCUT2D eigenvalue weighted by molar-refractivity contribution is 5.66. The van der Waals surface area contributed by atoms with Gasteiger partial charge in [0.25, 0.3) is 0 Å². The molecule has 6 nitrogen and oxygen atoms in total. The third kappa shape index (κ3) is 17.3. The molecule has 0 aromatic rings. The van der Waals surface area contributed by atoms with Crippen LogP contribution in [-0.4, -0.2) is 56.9 Å². The van der Waals surface area contributed by atoms with E-state index in [0.29, 0.717) is 6.42 Å². The van der Waals surface area contributed by atoms with Gasteiger partial charge >= 0.3 is 5.97 Å². The summed E-state index contributed by atoms with van der Waals surface area (Å²) in [6, 6.07) is 0. The normalized spacial score (nSPS) is 13.2. The van der Waals surface area contributed by atoms with Gasteiger partial charge in [-0.3, -0.25) is 4.79 Å². The molecule has 0 aromatic heterocycles. The molecule has 2 atom stereocenters. The molecule has 6 heteroatoms. The number of hydrogen-bond acceptors (Lipinski definition) is 5. The summed E-state index contributed by atoms with van der Waals surface area (Å²) in [4.78, 5) is 10.1. The SMILES string of the molecule is CCCCCCCCCC(=O)O.OCC(O)C(O)CO. The molecule has 0 rings (SSSR count). The van der Waals surface area contributed by atoms with Gasteiger partial charge in [-0.15, -0.1) is 0 Å². The van der Waals surface area contributed by atoms with Gasteiger partial charge in [0.15, 0.2) is 0 Å². The summed E-state index contributed by atoms with van der Waals surface area (Å²) < 4.78 is 0. The van der Waals surface area contributed by atoms with Gasteiger partial charge in [-0.05, 0) is 6.42 Å². The maximum atomic E-state index is 10.1. The monoisotopic (exact) mass is 294 g/mol. The minimum absolute atomic E-state index is 0.341. The topological polar surface area (TPSA) is 118 Å². The Bertz CT molecular complexity index is 202. The molecule has 0 spiro atoms. The highest BCUT2D eigenvalue weighted by Crippen LogP contribution is 2.07. The summed E-state index contributed by atoms with van der Waals surface area (Å²) >= 11 is 0. The lowest BCUT2D eigenvalue weighted by atomic mass is 10.1. The second-order valence-electron chi connectivity index (χ2n) is 4.76. The van der Waals surface area contributed by atoms with Crippen LogP contribution in [0.1, 0.15) is 58.3 Å². The second kappa shape index (κ2) is 16.4. The van der Waals surface area contributed by atoms with E-state index in [0.717, 1.165) is 12.8 Å². The first kappa shape index (κ1) is 21.6. The smallest absolute Gasteiger partial charge is 0.303 e. The zero-order chi connectivity index (χ0) is 15.8. The molecule has 0 aliphatic carbocycles. The average molecular weight is 294 g/mol. The molecule has 0 saturated heterocycles. The number of rotatable bonds is 11. The number of hydrogen-bond donors (Lipinski definition) is 5. The van der Waals surface area contributed by atoms with Crippen molar-refractivity contribution in [2.45, 2.75) is 70.5 Å². The molecule has 0 heterocycles. The molecular formula is C14H30O6. The molecule has 0 aromatic carbocycles. The third-order valence-electron chi connectivity index (χ3n) is 2.81. The van der Waals surface area contributed by atoms with Gasteiger partial charge in [-0.25, -0.2) is 0 Å². The maximum Gasteiger partial charge on any atom is 0.303 e. The van der Waals surface area contributed by atoms with Crippen LogP contribution in [0.3, 0.4) is 0 Å². The van der Waals surface area contributed by atoms with Crippen LogP contribution in [0.5, 0.6) is 0 Å². The Balaban J connectivity index is 0. The minimum atomic E-state index is -1.22. The van der Waals surface area contributed by atoms with Crippen molar-refractivity contribution in [2.75, 3.05) is 13.2 Å². The Morgan fingerprint density at radius 1 is 0.850 bits per heavy atom. The summed E-state index contributed by atoms with van der Waals surface area (Å²) in [5.41, 5.74) is 0. The largest absolute Gasteiger partial charge is 0.481 e. The average Bonchev–Trinajstić information content (AvgIpc) is 2.45. The van der Waals surface area contributed by atoms with Crippen molar-refractivity contribution in [2.24, 2.45) is 0 Å². The van der Waals surface area contributed by atoms with Crippen LogP contribution in [0.2, 0.25) is 0 Å². The van der Waals surface area contributed by atoms with Crippen LogP contribution >= 0.6 is 0 Å². The van der Waals surface area contributed by atoms with E-state index in [1.54, 1.807) is 0 Å². The van der Waals surface area contributed by atoms with Crippen LogP contribution in [0.4, 0.5) is 0 Å². The predicted molar refractivity (Wildman–Crippen MR) is 76.4 cm³/mol. The first-order valence-corrected chi connectivity index (χ1v) is 7.29. The molecule has 20 heavy (non-hydrogen) atoms. The van der Waals surface area contributed by atoms with Crippen LogP contribution < -0.4 is 0 Å². The Labute approximate surface area is 121 Å². The van der Waals surface area contributed by atoms with E-state index in [1.165, 1.54) is 32.1 Å². The standard InChI is InChI=1S/C10H20O2.C4H10O4/c1-2-3-4-5-6-7-8-9-10(11)12;5-1-3(7)4(8)2-6/h2-9H2,1H3,(H,11,12);3-8H,1-2H2. The van der Waals surface area contributed by atoms with Crippen molar-refractivity contribution < 1.29 is 30.3 Å². The number of carboxylic acid groups (broad SMARTS) is 1. The number of carbonyl (C=O) groups is 1. The summed E-state index contributed by atoms with van der Waals surface area (Å²) in [7, 11) is 0. The van der Waals surface area contributed by atoms with Gasteiger partial charge in [0.05, 0.1) is 13.2 Å². The molecule has 0 bridgehead atoms. The van der Waals surface area contributed by atoms with Crippen LogP contribution in [0, 0.1) is 0 Å². The number of aliphatic hydroxyl groups is 4. The highest BCUT2D eigenvalue weighted by atomic mass is 16.4. The van der Waals surface area contributed by atoms with Crippen molar-refractivity contribution in [3.63, 3.8) is 0 Å². The number of unbranched alkanes of at least 4 members (excludes halogenated alkanes) is 6. The van der Waals surface area contributed by atoms with Gasteiger partial charge in [-0.2, -0.15) is 0 Å². The molecular weight excluding hydrogens is 264 g/mol. The van der Waals surface area contributed by atoms with Gasteiger partial charge in [0.1, 0.15) is 12.2 Å². The fraction of sp³-hybridized carbons (Fsp3) is 0.929. The Morgan fingerprint density at radius 3 is 1.60 bits per heavy atom. The number of carboxylic acids is 1. The van der Waals surface area contributed by atoms with Crippen molar-refractivity contribution in [3.05, 3.63) is 0 Å². The van der Waals surface area contributed by atoms with Gasteiger partial charge in [0, 0.05) is 6.42 Å².